The standard InChI is InChI=1S/C16H12N4O3/c21-14-13(10-5-2-1-3-6-10)19-20-16(18-14)17-12-8-4-7-11(9-12)15(22)23/h1-9H,(H,22,23)(H2,17,18,20,21). The van der Waals surface area contributed by atoms with Crippen molar-refractivity contribution in [1.82, 2.24) is 15.2 Å². The van der Waals surface area contributed by atoms with Crippen LogP contribution in [0.3, 0.4) is 0 Å². The third-order valence-corrected chi connectivity index (χ3v) is 3.12. The van der Waals surface area contributed by atoms with Crippen LogP contribution in [0.5, 0.6) is 0 Å². The summed E-state index contributed by atoms with van der Waals surface area (Å²) < 4.78 is 0. The Morgan fingerprint density at radius 2 is 1.83 bits per heavy atom. The lowest BCUT2D eigenvalue weighted by Crippen LogP contribution is -2.15. The van der Waals surface area contributed by atoms with Crippen LogP contribution in [0, 0.1) is 0 Å². The van der Waals surface area contributed by atoms with E-state index in [4.69, 9.17) is 5.11 Å². The fourth-order valence-electron chi connectivity index (χ4n) is 2.04. The molecule has 0 spiro atoms. The highest BCUT2D eigenvalue weighted by molar-refractivity contribution is 5.88. The van der Waals surface area contributed by atoms with Crippen LogP contribution in [0.15, 0.2) is 59.4 Å². The van der Waals surface area contributed by atoms with Gasteiger partial charge in [0.1, 0.15) is 0 Å². The molecule has 3 N–H and O–H groups in total. The van der Waals surface area contributed by atoms with Crippen molar-refractivity contribution in [3.8, 4) is 11.3 Å². The Morgan fingerprint density at radius 3 is 2.52 bits per heavy atom. The van der Waals surface area contributed by atoms with Crippen molar-refractivity contribution in [2.24, 2.45) is 0 Å². The maximum Gasteiger partial charge on any atom is 0.335 e. The Kier molecular flexibility index (Phi) is 3.84. The Labute approximate surface area is 130 Å². The first-order valence-corrected chi connectivity index (χ1v) is 6.76. The lowest BCUT2D eigenvalue weighted by molar-refractivity contribution is 0.0697. The second-order valence-corrected chi connectivity index (χ2v) is 4.73. The smallest absolute Gasteiger partial charge is 0.335 e. The maximum atomic E-state index is 12.1. The highest BCUT2D eigenvalue weighted by atomic mass is 16.4. The molecule has 0 bridgehead atoms. The van der Waals surface area contributed by atoms with Crippen LogP contribution in [0.25, 0.3) is 11.3 Å². The van der Waals surface area contributed by atoms with Crippen LogP contribution in [-0.4, -0.2) is 26.3 Å². The van der Waals surface area contributed by atoms with Gasteiger partial charge in [0.05, 0.1) is 5.56 Å². The molecule has 23 heavy (non-hydrogen) atoms. The van der Waals surface area contributed by atoms with E-state index < -0.39 is 5.97 Å². The summed E-state index contributed by atoms with van der Waals surface area (Å²) in [7, 11) is 0. The first kappa shape index (κ1) is 14.5. The summed E-state index contributed by atoms with van der Waals surface area (Å²) in [5.41, 5.74) is 1.12. The zero-order valence-electron chi connectivity index (χ0n) is 11.9. The highest BCUT2D eigenvalue weighted by Crippen LogP contribution is 2.15. The van der Waals surface area contributed by atoms with Gasteiger partial charge in [0, 0.05) is 11.3 Å². The molecule has 0 unspecified atom stereocenters. The van der Waals surface area contributed by atoms with Crippen molar-refractivity contribution >= 4 is 17.6 Å². The third-order valence-electron chi connectivity index (χ3n) is 3.12. The van der Waals surface area contributed by atoms with E-state index in [1.165, 1.54) is 12.1 Å². The van der Waals surface area contributed by atoms with E-state index >= 15 is 0 Å². The second-order valence-electron chi connectivity index (χ2n) is 4.73. The van der Waals surface area contributed by atoms with Gasteiger partial charge in [-0.25, -0.2) is 4.79 Å². The first-order valence-electron chi connectivity index (χ1n) is 6.76. The number of carboxylic acids is 1. The number of aromatic nitrogens is 3. The van der Waals surface area contributed by atoms with Crippen molar-refractivity contribution < 1.29 is 9.90 Å². The summed E-state index contributed by atoms with van der Waals surface area (Å²) in [6, 6.07) is 15.2. The number of benzene rings is 2. The fourth-order valence-corrected chi connectivity index (χ4v) is 2.04. The van der Waals surface area contributed by atoms with Gasteiger partial charge in [0.25, 0.3) is 5.56 Å². The molecule has 0 amide bonds. The summed E-state index contributed by atoms with van der Waals surface area (Å²) in [6.45, 7) is 0. The van der Waals surface area contributed by atoms with Crippen LogP contribution >= 0.6 is 0 Å². The molecule has 1 heterocycles. The number of H-pyrrole nitrogens is 1. The van der Waals surface area contributed by atoms with Gasteiger partial charge < -0.3 is 10.4 Å². The van der Waals surface area contributed by atoms with E-state index in [2.05, 4.69) is 20.5 Å². The predicted octanol–water partition coefficient (Wildman–Crippen LogP) is 2.27. The molecule has 0 saturated heterocycles. The van der Waals surface area contributed by atoms with Gasteiger partial charge in [-0.05, 0) is 18.2 Å². The molecule has 0 fully saturated rings. The van der Waals surface area contributed by atoms with Gasteiger partial charge in [-0.3, -0.25) is 9.78 Å². The average Bonchev–Trinajstić information content (AvgIpc) is 2.56. The lowest BCUT2D eigenvalue weighted by atomic mass is 10.2. The number of carboxylic acid groups (broad SMARTS) is 1. The molecule has 0 aliphatic carbocycles. The van der Waals surface area contributed by atoms with Gasteiger partial charge in [0.15, 0.2) is 5.69 Å². The Bertz CT molecular complexity index is 906. The summed E-state index contributed by atoms with van der Waals surface area (Å²) in [5.74, 6) is -0.898. The van der Waals surface area contributed by atoms with Gasteiger partial charge in [-0.15, -0.1) is 10.2 Å². The Balaban J connectivity index is 1.88. The minimum Gasteiger partial charge on any atom is -0.478 e. The molecule has 7 heteroatoms. The number of anilines is 2. The molecule has 0 saturated carbocycles. The molecule has 0 atom stereocenters. The second kappa shape index (κ2) is 6.10. The molecule has 0 radical (unpaired) electrons. The summed E-state index contributed by atoms with van der Waals surface area (Å²) in [4.78, 5) is 25.6. The van der Waals surface area contributed by atoms with E-state index in [0.717, 1.165) is 0 Å². The van der Waals surface area contributed by atoms with Crippen LogP contribution < -0.4 is 10.9 Å². The third kappa shape index (κ3) is 3.24. The minimum absolute atomic E-state index is 0.131. The van der Waals surface area contributed by atoms with E-state index in [1.54, 1.807) is 36.4 Å². The zero-order valence-corrected chi connectivity index (χ0v) is 11.9. The van der Waals surface area contributed by atoms with Gasteiger partial charge in [-0.2, -0.15) is 0 Å². The van der Waals surface area contributed by atoms with E-state index in [-0.39, 0.29) is 22.8 Å². The molecular formula is C16H12N4O3. The largest absolute Gasteiger partial charge is 0.478 e. The molecule has 0 aliphatic heterocycles. The average molecular weight is 308 g/mol. The molecule has 1 aromatic heterocycles. The number of hydrogen-bond acceptors (Lipinski definition) is 5. The molecule has 114 valence electrons. The van der Waals surface area contributed by atoms with Crippen molar-refractivity contribution in [2.45, 2.75) is 0 Å². The number of rotatable bonds is 4. The van der Waals surface area contributed by atoms with Crippen LogP contribution in [0.1, 0.15) is 10.4 Å². The van der Waals surface area contributed by atoms with Gasteiger partial charge >= 0.3 is 5.97 Å². The predicted molar refractivity (Wildman–Crippen MR) is 84.8 cm³/mol. The first-order chi connectivity index (χ1) is 11.1. The summed E-state index contributed by atoms with van der Waals surface area (Å²) in [5, 5.41) is 19.6. The number of aromatic amines is 1. The SMILES string of the molecule is O=C(O)c1cccc(Nc2nnc(-c3ccccc3)c(=O)[nH]2)c1. The van der Waals surface area contributed by atoms with Crippen LogP contribution in [0.4, 0.5) is 11.6 Å². The Morgan fingerprint density at radius 1 is 1.04 bits per heavy atom. The molecule has 3 aromatic rings. The molecule has 3 rings (SSSR count). The maximum absolute atomic E-state index is 12.1. The highest BCUT2D eigenvalue weighted by Gasteiger charge is 2.08. The number of carbonyl (C=O) groups is 1. The minimum atomic E-state index is -1.03. The van der Waals surface area contributed by atoms with Crippen LogP contribution in [0.2, 0.25) is 0 Å². The quantitative estimate of drug-likeness (QED) is 0.682. The number of nitrogens with zero attached hydrogens (tertiary/aromatic N) is 2. The number of aromatic carboxylic acids is 1. The normalized spacial score (nSPS) is 10.3. The molecule has 2 aromatic carbocycles. The number of nitrogens with one attached hydrogen (secondary N) is 2. The van der Waals surface area contributed by atoms with Crippen molar-refractivity contribution in [3.05, 3.63) is 70.5 Å². The van der Waals surface area contributed by atoms with Crippen molar-refractivity contribution in [1.29, 1.82) is 0 Å². The molecule has 7 nitrogen and oxygen atoms in total. The van der Waals surface area contributed by atoms with E-state index in [1.807, 2.05) is 6.07 Å². The Hall–Kier alpha value is -3.48. The topological polar surface area (TPSA) is 108 Å². The van der Waals surface area contributed by atoms with Crippen molar-refractivity contribution in [2.75, 3.05) is 5.32 Å². The molecule has 0 aliphatic rings. The summed E-state index contributed by atoms with van der Waals surface area (Å²) >= 11 is 0. The lowest BCUT2D eigenvalue weighted by Gasteiger charge is -2.06. The van der Waals surface area contributed by atoms with E-state index in [9.17, 15) is 9.59 Å². The monoisotopic (exact) mass is 308 g/mol. The fraction of sp³-hybridized carbons (Fsp3) is 0. The van der Waals surface area contributed by atoms with Gasteiger partial charge in [-0.1, -0.05) is 36.4 Å². The molecular weight excluding hydrogens is 296 g/mol. The van der Waals surface area contributed by atoms with E-state index in [0.29, 0.717) is 11.3 Å². The van der Waals surface area contributed by atoms with Gasteiger partial charge in [0.2, 0.25) is 5.95 Å². The number of hydrogen-bond donors (Lipinski definition) is 3. The van der Waals surface area contributed by atoms with Crippen molar-refractivity contribution in [3.63, 3.8) is 0 Å². The van der Waals surface area contributed by atoms with Crippen LogP contribution in [-0.2, 0) is 0 Å². The zero-order chi connectivity index (χ0) is 16.2. The summed E-state index contributed by atoms with van der Waals surface area (Å²) in [6.07, 6.45) is 0.